The molecule has 2 amide bonds. The van der Waals surface area contributed by atoms with Crippen LogP contribution >= 0.6 is 11.3 Å². The van der Waals surface area contributed by atoms with Crippen molar-refractivity contribution in [3.8, 4) is 0 Å². The highest BCUT2D eigenvalue weighted by atomic mass is 32.1. The van der Waals surface area contributed by atoms with Crippen molar-refractivity contribution in [2.75, 3.05) is 11.9 Å². The zero-order chi connectivity index (χ0) is 17.2. The molecular weight excluding hydrogens is 336 g/mol. The van der Waals surface area contributed by atoms with Crippen molar-refractivity contribution in [2.24, 2.45) is 0 Å². The third-order valence-corrected chi connectivity index (χ3v) is 4.75. The molecule has 4 aromatic rings. The van der Waals surface area contributed by atoms with Crippen molar-refractivity contribution in [1.29, 1.82) is 0 Å². The minimum atomic E-state index is -0.272. The van der Waals surface area contributed by atoms with Crippen LogP contribution in [0.1, 0.15) is 10.7 Å². The van der Waals surface area contributed by atoms with E-state index in [1.807, 2.05) is 31.2 Å². The number of anilines is 1. The molecule has 0 atom stereocenters. The Morgan fingerprint density at radius 1 is 1.32 bits per heavy atom. The maximum absolute atomic E-state index is 12.0. The molecule has 0 aliphatic carbocycles. The standard InChI is InChI=1S/C17H16N6OS/c1-11-8-15-19-9-12(10-23(15)22-11)20-17(24)18-7-6-16-21-13-4-2-3-5-14(13)25-16/h2-5,8-10H,6-7H2,1H3,(H2,18,20,24). The highest BCUT2D eigenvalue weighted by Crippen LogP contribution is 2.21. The SMILES string of the molecule is Cc1cc2ncc(NC(=O)NCCc3nc4ccccc4s3)cn2n1. The largest absolute Gasteiger partial charge is 0.337 e. The van der Waals surface area contributed by atoms with Gasteiger partial charge in [-0.15, -0.1) is 11.3 Å². The van der Waals surface area contributed by atoms with Crippen LogP contribution < -0.4 is 10.6 Å². The van der Waals surface area contributed by atoms with E-state index in [-0.39, 0.29) is 6.03 Å². The molecule has 8 heteroatoms. The number of hydrogen-bond donors (Lipinski definition) is 2. The summed E-state index contributed by atoms with van der Waals surface area (Å²) in [5.41, 5.74) is 3.22. The van der Waals surface area contributed by atoms with E-state index in [2.05, 4.69) is 31.8 Å². The summed E-state index contributed by atoms with van der Waals surface area (Å²) in [4.78, 5) is 20.8. The van der Waals surface area contributed by atoms with Gasteiger partial charge in [-0.1, -0.05) is 12.1 Å². The van der Waals surface area contributed by atoms with Crippen molar-refractivity contribution in [2.45, 2.75) is 13.3 Å². The Balaban J connectivity index is 1.33. The number of carbonyl (C=O) groups is 1. The number of thiazole rings is 1. The van der Waals surface area contributed by atoms with Gasteiger partial charge in [0.1, 0.15) is 0 Å². The summed E-state index contributed by atoms with van der Waals surface area (Å²) in [6, 6.07) is 9.63. The summed E-state index contributed by atoms with van der Waals surface area (Å²) in [6.07, 6.45) is 4.05. The first-order valence-electron chi connectivity index (χ1n) is 7.89. The van der Waals surface area contributed by atoms with Gasteiger partial charge in [0.2, 0.25) is 0 Å². The lowest BCUT2D eigenvalue weighted by atomic mass is 10.3. The molecule has 0 bridgehead atoms. The lowest BCUT2D eigenvalue weighted by molar-refractivity contribution is 0.252. The van der Waals surface area contributed by atoms with Crippen LogP contribution in [0.5, 0.6) is 0 Å². The molecule has 0 spiro atoms. The third-order valence-electron chi connectivity index (χ3n) is 3.66. The molecule has 25 heavy (non-hydrogen) atoms. The highest BCUT2D eigenvalue weighted by Gasteiger charge is 2.06. The Labute approximate surface area is 147 Å². The average Bonchev–Trinajstić information content (AvgIpc) is 3.16. The van der Waals surface area contributed by atoms with E-state index < -0.39 is 0 Å². The Morgan fingerprint density at radius 3 is 3.08 bits per heavy atom. The van der Waals surface area contributed by atoms with E-state index in [1.165, 1.54) is 0 Å². The second-order valence-electron chi connectivity index (χ2n) is 5.64. The molecule has 0 unspecified atom stereocenters. The van der Waals surface area contributed by atoms with Crippen LogP contribution in [0, 0.1) is 6.92 Å². The number of rotatable bonds is 4. The van der Waals surface area contributed by atoms with Crippen LogP contribution in [-0.2, 0) is 6.42 Å². The van der Waals surface area contributed by atoms with Crippen LogP contribution in [0.25, 0.3) is 15.9 Å². The van der Waals surface area contributed by atoms with Gasteiger partial charge < -0.3 is 10.6 Å². The van der Waals surface area contributed by atoms with E-state index in [4.69, 9.17) is 0 Å². The molecule has 0 radical (unpaired) electrons. The molecule has 0 aliphatic heterocycles. The van der Waals surface area contributed by atoms with E-state index in [0.29, 0.717) is 18.7 Å². The fourth-order valence-corrected chi connectivity index (χ4v) is 3.51. The van der Waals surface area contributed by atoms with E-state index in [9.17, 15) is 4.79 Å². The topological polar surface area (TPSA) is 84.2 Å². The van der Waals surface area contributed by atoms with Gasteiger partial charge in [-0.3, -0.25) is 0 Å². The van der Waals surface area contributed by atoms with Gasteiger partial charge in [-0.2, -0.15) is 5.10 Å². The molecule has 0 fully saturated rings. The molecule has 1 aromatic carbocycles. The summed E-state index contributed by atoms with van der Waals surface area (Å²) in [6.45, 7) is 2.42. The van der Waals surface area contributed by atoms with Crippen LogP contribution in [0.3, 0.4) is 0 Å². The zero-order valence-corrected chi connectivity index (χ0v) is 14.4. The number of urea groups is 1. The van der Waals surface area contributed by atoms with Gasteiger partial charge in [0.15, 0.2) is 5.65 Å². The quantitative estimate of drug-likeness (QED) is 0.591. The molecule has 7 nitrogen and oxygen atoms in total. The molecule has 126 valence electrons. The molecule has 3 heterocycles. The minimum absolute atomic E-state index is 0.272. The first-order chi connectivity index (χ1) is 12.2. The Bertz CT molecular complexity index is 1020. The Morgan fingerprint density at radius 2 is 2.20 bits per heavy atom. The number of benzene rings is 1. The summed E-state index contributed by atoms with van der Waals surface area (Å²) in [7, 11) is 0. The van der Waals surface area contributed by atoms with Gasteiger partial charge in [-0.05, 0) is 19.1 Å². The third kappa shape index (κ3) is 3.43. The van der Waals surface area contributed by atoms with Crippen molar-refractivity contribution in [1.82, 2.24) is 24.9 Å². The number of carbonyl (C=O) groups excluding carboxylic acids is 1. The monoisotopic (exact) mass is 352 g/mol. The number of hydrogen-bond acceptors (Lipinski definition) is 5. The van der Waals surface area contributed by atoms with E-state index in [0.717, 1.165) is 26.6 Å². The second kappa shape index (κ2) is 6.48. The summed E-state index contributed by atoms with van der Waals surface area (Å²) >= 11 is 1.65. The number of nitrogens with one attached hydrogen (secondary N) is 2. The average molecular weight is 352 g/mol. The Kier molecular flexibility index (Phi) is 4.02. The van der Waals surface area contributed by atoms with E-state index >= 15 is 0 Å². The van der Waals surface area contributed by atoms with Crippen molar-refractivity contribution < 1.29 is 4.79 Å². The van der Waals surface area contributed by atoms with Crippen molar-refractivity contribution in [3.63, 3.8) is 0 Å². The predicted octanol–water partition coefficient (Wildman–Crippen LogP) is 3.01. The number of nitrogens with zero attached hydrogens (tertiary/aromatic N) is 4. The minimum Gasteiger partial charge on any atom is -0.337 e. The van der Waals surface area contributed by atoms with Crippen LogP contribution in [-0.4, -0.2) is 32.2 Å². The number of amides is 2. The number of aryl methyl sites for hydroxylation is 1. The molecule has 0 saturated carbocycles. The number of aromatic nitrogens is 4. The molecule has 0 aliphatic rings. The van der Waals surface area contributed by atoms with Gasteiger partial charge in [0.05, 0.1) is 39.0 Å². The van der Waals surface area contributed by atoms with Gasteiger partial charge in [-0.25, -0.2) is 19.3 Å². The zero-order valence-electron chi connectivity index (χ0n) is 13.6. The predicted molar refractivity (Wildman–Crippen MR) is 98.1 cm³/mol. The second-order valence-corrected chi connectivity index (χ2v) is 6.75. The molecular formula is C17H16N6OS. The fourth-order valence-electron chi connectivity index (χ4n) is 2.54. The van der Waals surface area contributed by atoms with Gasteiger partial charge in [0, 0.05) is 19.0 Å². The maximum Gasteiger partial charge on any atom is 0.319 e. The van der Waals surface area contributed by atoms with Gasteiger partial charge >= 0.3 is 6.03 Å². The first kappa shape index (κ1) is 15.5. The van der Waals surface area contributed by atoms with Crippen molar-refractivity contribution >= 4 is 38.9 Å². The summed E-state index contributed by atoms with van der Waals surface area (Å²) in [5, 5.41) is 10.9. The lowest BCUT2D eigenvalue weighted by Gasteiger charge is -2.06. The maximum atomic E-state index is 12.0. The van der Waals surface area contributed by atoms with Gasteiger partial charge in [0.25, 0.3) is 0 Å². The number of para-hydroxylation sites is 1. The molecule has 2 N–H and O–H groups in total. The molecule has 3 aromatic heterocycles. The number of fused-ring (bicyclic) bond motifs is 2. The van der Waals surface area contributed by atoms with Crippen LogP contribution in [0.2, 0.25) is 0 Å². The normalized spacial score (nSPS) is 11.1. The van der Waals surface area contributed by atoms with Crippen molar-refractivity contribution in [3.05, 3.63) is 53.4 Å². The summed E-state index contributed by atoms with van der Waals surface area (Å²) < 4.78 is 2.81. The summed E-state index contributed by atoms with van der Waals surface area (Å²) in [5.74, 6) is 0. The first-order valence-corrected chi connectivity index (χ1v) is 8.70. The van der Waals surface area contributed by atoms with Crippen LogP contribution in [0.15, 0.2) is 42.7 Å². The lowest BCUT2D eigenvalue weighted by Crippen LogP contribution is -2.30. The molecule has 0 saturated heterocycles. The van der Waals surface area contributed by atoms with E-state index in [1.54, 1.807) is 28.2 Å². The fraction of sp³-hybridized carbons (Fsp3) is 0.176. The Hall–Kier alpha value is -3.00. The smallest absolute Gasteiger partial charge is 0.319 e. The highest BCUT2D eigenvalue weighted by molar-refractivity contribution is 7.18. The van der Waals surface area contributed by atoms with Crippen LogP contribution in [0.4, 0.5) is 10.5 Å². The molecule has 4 rings (SSSR count).